The third-order valence-corrected chi connectivity index (χ3v) is 22.8. The highest BCUT2D eigenvalue weighted by molar-refractivity contribution is 14.1. The molecule has 9 heterocycles. The zero-order valence-corrected chi connectivity index (χ0v) is 64.5. The summed E-state index contributed by atoms with van der Waals surface area (Å²) in [5, 5.41) is 8.44. The van der Waals surface area contributed by atoms with Crippen LogP contribution in [0.25, 0.3) is 55.9 Å². The maximum atomic E-state index is 15.1. The highest BCUT2D eigenvalue weighted by Crippen LogP contribution is 2.45. The van der Waals surface area contributed by atoms with Gasteiger partial charge in [0.05, 0.1) is 64.1 Å². The van der Waals surface area contributed by atoms with E-state index in [1.54, 1.807) is 82.5 Å². The van der Waals surface area contributed by atoms with Gasteiger partial charge in [-0.25, -0.2) is 31.7 Å². The summed E-state index contributed by atoms with van der Waals surface area (Å²) < 4.78 is 230. The number of H-pyrrole nitrogens is 1. The van der Waals surface area contributed by atoms with Gasteiger partial charge in [0.15, 0.2) is 23.1 Å². The summed E-state index contributed by atoms with van der Waals surface area (Å²) in [4.78, 5) is 53.7. The van der Waals surface area contributed by atoms with Crippen LogP contribution in [-0.4, -0.2) is 165 Å². The highest BCUT2D eigenvalue weighted by Gasteiger charge is 2.39. The van der Waals surface area contributed by atoms with Gasteiger partial charge < -0.3 is 58.3 Å². The summed E-state index contributed by atoms with van der Waals surface area (Å²) >= 11 is 2.04. The Morgan fingerprint density at radius 3 is 1.20 bits per heavy atom. The number of halogens is 12. The van der Waals surface area contributed by atoms with Gasteiger partial charge in [-0.3, -0.25) is 14.4 Å². The first-order valence-corrected chi connectivity index (χ1v) is 38.3. The molecule has 3 atom stereocenters. The summed E-state index contributed by atoms with van der Waals surface area (Å²) in [6.45, 7) is 4.55. The van der Waals surface area contributed by atoms with E-state index in [0.717, 1.165) is 28.3 Å². The molecule has 3 amide bonds. The lowest BCUT2D eigenvalue weighted by atomic mass is 10.00. The van der Waals surface area contributed by atoms with Gasteiger partial charge in [-0.1, -0.05) is 36.4 Å². The van der Waals surface area contributed by atoms with Gasteiger partial charge in [0.1, 0.15) is 47.0 Å². The molecule has 0 saturated carbocycles. The van der Waals surface area contributed by atoms with Gasteiger partial charge in [-0.15, -0.1) is 39.5 Å². The van der Waals surface area contributed by atoms with E-state index in [0.29, 0.717) is 89.8 Å². The minimum absolute atomic E-state index is 0.00545. The quantitative estimate of drug-likeness (QED) is 0.0362. The Morgan fingerprint density at radius 1 is 0.474 bits per heavy atom. The zero-order valence-electron chi connectivity index (χ0n) is 60.7. The van der Waals surface area contributed by atoms with Crippen LogP contribution < -0.4 is 39.6 Å². The number of fused-ring (bicyclic) bond motifs is 3. The number of aromatic amines is 1. The lowest BCUT2D eigenvalue weighted by Gasteiger charge is -2.29. The molecule has 0 bridgehead atoms. The minimum atomic E-state index is -4.93. The second-order valence-corrected chi connectivity index (χ2v) is 31.1. The van der Waals surface area contributed by atoms with Crippen LogP contribution >= 0.6 is 22.6 Å². The van der Waals surface area contributed by atoms with E-state index in [4.69, 9.17) is 9.47 Å². The maximum Gasteiger partial charge on any atom is 0.573 e. The van der Waals surface area contributed by atoms with Crippen molar-refractivity contribution in [2.24, 2.45) is 0 Å². The van der Waals surface area contributed by atoms with E-state index < -0.39 is 74.6 Å². The van der Waals surface area contributed by atoms with Crippen LogP contribution in [-0.2, 0) is 39.7 Å². The van der Waals surface area contributed by atoms with Crippen molar-refractivity contribution in [3.8, 4) is 84.6 Å². The summed E-state index contributed by atoms with van der Waals surface area (Å²) in [5.41, 5.74) is 6.37. The summed E-state index contributed by atoms with van der Waals surface area (Å²) in [7, 11) is -2.12. The smallest absolute Gasteiger partial charge is 0.491 e. The normalized spacial score (nSPS) is 15.6. The van der Waals surface area contributed by atoms with Crippen LogP contribution in [0.3, 0.4) is 0 Å². The van der Waals surface area contributed by atoms with Crippen LogP contribution in [0.5, 0.6) is 28.7 Å². The second-order valence-electron chi connectivity index (χ2n) is 26.0. The molecule has 0 radical (unpaired) electrons. The van der Waals surface area contributed by atoms with Crippen LogP contribution in [0.2, 0.25) is 0 Å². The molecular formula is C74H68F11IN14O12S2. The topological polar surface area (TPSA) is 287 Å². The number of hydrogen-bond donors (Lipinski definition) is 4. The number of carbonyl (C=O) groups is 3. The molecule has 5 aromatic carbocycles. The number of amides is 3. The van der Waals surface area contributed by atoms with Gasteiger partial charge in [-0.2, -0.15) is 25.4 Å². The predicted molar refractivity (Wildman–Crippen MR) is 400 cm³/mol. The lowest BCUT2D eigenvalue weighted by Crippen LogP contribution is -2.40. The highest BCUT2D eigenvalue weighted by atomic mass is 127. The Hall–Kier alpha value is -11.2. The minimum Gasteiger partial charge on any atom is -0.491 e. The molecule has 0 saturated heterocycles. The molecular weight excluding hydrogens is 1680 g/mol. The maximum absolute atomic E-state index is 15.1. The van der Waals surface area contributed by atoms with E-state index in [1.807, 2.05) is 22.6 Å². The third kappa shape index (κ3) is 18.0. The fourth-order valence-corrected chi connectivity index (χ4v) is 16.3. The second kappa shape index (κ2) is 33.1. The molecule has 11 aromatic rings. The Morgan fingerprint density at radius 2 is 0.842 bits per heavy atom. The number of ether oxygens (including phenoxy) is 5. The summed E-state index contributed by atoms with van der Waals surface area (Å²) in [6, 6.07) is 28.4. The molecule has 40 heteroatoms. The fraction of sp³-hybridized carbons (Fsp3) is 0.270. The van der Waals surface area contributed by atoms with Gasteiger partial charge in [0, 0.05) is 119 Å². The van der Waals surface area contributed by atoms with Gasteiger partial charge >= 0.3 is 39.5 Å². The molecule has 3 aliphatic heterocycles. The number of aromatic nitrogens is 9. The van der Waals surface area contributed by atoms with Crippen molar-refractivity contribution in [2.45, 2.75) is 70.3 Å². The number of nitrogens with one attached hydrogen (secondary N) is 4. The molecule has 0 fully saturated rings. The number of hydrogen-bond acceptors (Lipinski definition) is 15. The standard InChI is InChI=1S/C28H27F4N5O5S.C26H22F4N4O3.C20H19F3IN5O4S/c1-4-41-25-9-8-18(11-23(25)29)26-22(17-6-5-7-21(10-17)42-28(30,31)32)13-24-27(38)34-15-20(37(24)26)12-19-14-33-16-36(19)43(39,40)35(2)3;1-2-36-23-7-6-16(9-21(23)27)24-20(15-4-3-5-19(8-15)37-26(28,29)30)11-22-25(35)32-13-18(34(22)24)10-17-12-31-14-33-17;1-27(2)34(31,32)28-11-25-9-13(28)7-14-10-26-19(30)17-8-16(18(24)29(14)17)12-4-3-5-15(6-12)33-20(21,22)23/h5-11,13-14,16,20H,4,12,15H2,1-3H3,(H,34,38);3-9,11-12,14,18H,2,10,13H2,1H3,(H,31,33)(H,32,35);3-6,8-9,11,14H,7,10H2,1-2H3,(H,26,30)/t20-;18-;14-/m000/s1. The fourth-order valence-electron chi connectivity index (χ4n) is 13.3. The van der Waals surface area contributed by atoms with Crippen molar-refractivity contribution >= 4 is 60.7 Å². The van der Waals surface area contributed by atoms with Crippen molar-refractivity contribution in [3.63, 3.8) is 0 Å². The van der Waals surface area contributed by atoms with Crippen molar-refractivity contribution in [1.82, 2.24) is 66.1 Å². The van der Waals surface area contributed by atoms with Gasteiger partial charge in [0.25, 0.3) is 17.7 Å². The molecule has 114 heavy (non-hydrogen) atoms. The molecule has 0 aliphatic carbocycles. The number of alkyl halides is 9. The van der Waals surface area contributed by atoms with E-state index in [-0.39, 0.29) is 91.5 Å². The molecule has 4 N–H and O–H groups in total. The molecule has 26 nitrogen and oxygen atoms in total. The van der Waals surface area contributed by atoms with Crippen LogP contribution in [0, 0.1) is 15.3 Å². The van der Waals surface area contributed by atoms with E-state index in [1.165, 1.54) is 132 Å². The number of rotatable bonds is 22. The predicted octanol–water partition coefficient (Wildman–Crippen LogP) is 13.2. The lowest BCUT2D eigenvalue weighted by molar-refractivity contribution is -0.275. The zero-order chi connectivity index (χ0) is 82.1. The molecule has 14 rings (SSSR count). The molecule has 3 aliphatic rings. The summed E-state index contributed by atoms with van der Waals surface area (Å²) in [6.07, 6.45) is -5.37. The van der Waals surface area contributed by atoms with Crippen molar-refractivity contribution in [3.05, 3.63) is 214 Å². The molecule has 602 valence electrons. The Bertz CT molecular complexity index is 5640. The number of imidazole rings is 3. The van der Waals surface area contributed by atoms with Crippen LogP contribution in [0.15, 0.2) is 165 Å². The van der Waals surface area contributed by atoms with Gasteiger partial charge in [-0.05, 0) is 144 Å². The monoisotopic (exact) mass is 1740 g/mol. The molecule has 0 spiro atoms. The average Bonchev–Trinajstić information content (AvgIpc) is 1.61. The third-order valence-electron chi connectivity index (χ3n) is 18.2. The number of benzene rings is 5. The van der Waals surface area contributed by atoms with E-state index >= 15 is 4.39 Å². The van der Waals surface area contributed by atoms with Crippen LogP contribution in [0.4, 0.5) is 48.3 Å². The summed E-state index contributed by atoms with van der Waals surface area (Å²) in [5.74, 6) is -3.59. The van der Waals surface area contributed by atoms with E-state index in [2.05, 4.69) is 50.1 Å². The van der Waals surface area contributed by atoms with Crippen molar-refractivity contribution < 1.29 is 103 Å². The Balaban J connectivity index is 0.000000159. The largest absolute Gasteiger partial charge is 0.573 e. The van der Waals surface area contributed by atoms with Gasteiger partial charge in [0.2, 0.25) is 0 Å². The van der Waals surface area contributed by atoms with Crippen LogP contribution in [0.1, 0.15) is 80.5 Å². The number of carbonyl (C=O) groups excluding carboxylic acids is 3. The first-order valence-electron chi connectivity index (χ1n) is 34.5. The Kier molecular flexibility index (Phi) is 23.8. The SMILES string of the molecule is CCOc1ccc(-c2c(-c3cccc(OC(F)(F)F)c3)cc3n2[C@@H](Cc2cnc[nH]2)CNC3=O)cc1F.CCOc1ccc(-c2c(-c3cccc(OC(F)(F)F)c3)cc3n2[C@@H](Cc2cncn2S(=O)(=O)N(C)C)CNC3=O)cc1F.CN(C)S(=O)(=O)n1cncc1C[C@H]1CNC(=O)c2cc(-c3cccc(OC(F)(F)F)c3)c(I)n21. The average molecular weight is 1750 g/mol. The molecule has 0 unspecified atom stereocenters. The Labute approximate surface area is 656 Å². The first-order chi connectivity index (χ1) is 53.9. The molecule has 6 aromatic heterocycles. The first kappa shape index (κ1) is 82.2. The van der Waals surface area contributed by atoms with E-state index in [9.17, 15) is 75.1 Å². The van der Waals surface area contributed by atoms with Crippen molar-refractivity contribution in [2.75, 3.05) is 61.0 Å². The van der Waals surface area contributed by atoms with Crippen molar-refractivity contribution in [1.29, 1.82) is 0 Å². The number of nitrogens with zero attached hydrogens (tertiary/aromatic N) is 10.